The van der Waals surface area contributed by atoms with E-state index < -0.39 is 0 Å². The Balaban J connectivity index is 0.841. The molecular formula is C75H90. The zero-order valence-corrected chi connectivity index (χ0v) is 46.3. The highest BCUT2D eigenvalue weighted by atomic mass is 14.6. The summed E-state index contributed by atoms with van der Waals surface area (Å²) in [6.07, 6.45) is 53.4. The zero-order valence-electron chi connectivity index (χ0n) is 46.3. The summed E-state index contributed by atoms with van der Waals surface area (Å²) in [7, 11) is 0. The first-order valence-corrected chi connectivity index (χ1v) is 33.8. The molecule has 26 rings (SSSR count). The predicted molar refractivity (Wildman–Crippen MR) is 309 cm³/mol. The molecule has 20 fully saturated rings. The molecule has 0 spiro atoms. The fraction of sp³-hybridized carbons (Fsp3) is 0.733. The van der Waals surface area contributed by atoms with Gasteiger partial charge in [0, 0.05) is 0 Å². The maximum atomic E-state index is 3.05. The summed E-state index contributed by atoms with van der Waals surface area (Å²) in [5.41, 5.74) is 11.9. The molecule has 6 aromatic carbocycles. The van der Waals surface area contributed by atoms with Gasteiger partial charge < -0.3 is 0 Å². The van der Waals surface area contributed by atoms with Crippen LogP contribution in [0.3, 0.4) is 0 Å². The monoisotopic (exact) mass is 991 g/mol. The summed E-state index contributed by atoms with van der Waals surface area (Å²) in [5, 5.41) is 18.0. The van der Waals surface area contributed by atoms with Gasteiger partial charge in [-0.2, -0.15) is 0 Å². The van der Waals surface area contributed by atoms with Crippen molar-refractivity contribution in [1.29, 1.82) is 0 Å². The third kappa shape index (κ3) is 6.10. The second-order valence-corrected chi connectivity index (χ2v) is 35.3. The van der Waals surface area contributed by atoms with Crippen molar-refractivity contribution < 1.29 is 0 Å². The fourth-order valence-corrected chi connectivity index (χ4v) is 30.1. The first-order chi connectivity index (χ1) is 36.6. The molecular weight excluding hydrogens is 901 g/mol. The molecule has 0 heteroatoms. The van der Waals surface area contributed by atoms with Crippen molar-refractivity contribution in [1.82, 2.24) is 0 Å². The summed E-state index contributed by atoms with van der Waals surface area (Å²) in [6, 6.07) is 15.2. The molecule has 0 aliphatic heterocycles. The van der Waals surface area contributed by atoms with Gasteiger partial charge in [-0.25, -0.2) is 0 Å². The van der Waals surface area contributed by atoms with Crippen LogP contribution in [-0.4, -0.2) is 0 Å². The molecule has 20 aliphatic rings. The summed E-state index contributed by atoms with van der Waals surface area (Å²) in [4.78, 5) is 0. The van der Waals surface area contributed by atoms with Crippen LogP contribution in [0.5, 0.6) is 0 Å². The average molecular weight is 992 g/mol. The van der Waals surface area contributed by atoms with E-state index in [9.17, 15) is 0 Å². The van der Waals surface area contributed by atoms with E-state index >= 15 is 0 Å². The van der Waals surface area contributed by atoms with Crippen molar-refractivity contribution in [3.63, 3.8) is 0 Å². The number of hydrogen-bond donors (Lipinski definition) is 0. The first kappa shape index (κ1) is 43.2. The van der Waals surface area contributed by atoms with E-state index in [1.54, 1.807) is 123 Å². The lowest BCUT2D eigenvalue weighted by Crippen LogP contribution is -2.47. The molecule has 0 heterocycles. The smallest absolute Gasteiger partial charge is 0.00108 e. The fourth-order valence-electron chi connectivity index (χ4n) is 30.1. The third-order valence-electron chi connectivity index (χ3n) is 29.6. The highest BCUT2D eigenvalue weighted by molar-refractivity contribution is 6.45. The Hall–Kier alpha value is -2.60. The quantitative estimate of drug-likeness (QED) is 0.120. The maximum Gasteiger partial charge on any atom is -0.00108 e. The Labute approximate surface area is 450 Å². The molecule has 0 unspecified atom stereocenters. The Kier molecular flexibility index (Phi) is 8.23. The van der Waals surface area contributed by atoms with E-state index in [4.69, 9.17) is 0 Å². The van der Waals surface area contributed by atoms with E-state index in [0.717, 1.165) is 88.8 Å². The molecule has 6 aromatic rings. The molecule has 20 bridgehead atoms. The van der Waals surface area contributed by atoms with Crippen molar-refractivity contribution >= 4 is 53.9 Å². The van der Waals surface area contributed by atoms with Crippen LogP contribution in [0.4, 0.5) is 0 Å². The van der Waals surface area contributed by atoms with Crippen LogP contribution < -0.4 is 0 Å². The molecule has 0 atom stereocenters. The normalized spacial score (nSPS) is 48.9. The van der Waals surface area contributed by atoms with Gasteiger partial charge in [0.05, 0.1) is 0 Å². The van der Waals surface area contributed by atoms with Crippen molar-refractivity contribution in [3.05, 3.63) is 58.1 Å². The second-order valence-electron chi connectivity index (χ2n) is 35.3. The molecule has 390 valence electrons. The lowest BCUT2D eigenvalue weighted by Gasteiger charge is -2.57. The Morgan fingerprint density at radius 2 is 0.320 bits per heavy atom. The van der Waals surface area contributed by atoms with Crippen LogP contribution in [0.15, 0.2) is 30.3 Å². The average Bonchev–Trinajstić information content (AvgIpc) is 3.97. The van der Waals surface area contributed by atoms with Crippen LogP contribution in [-0.2, 0) is 32.1 Å². The van der Waals surface area contributed by atoms with Crippen LogP contribution in [0.1, 0.15) is 220 Å². The van der Waals surface area contributed by atoms with Gasteiger partial charge in [-0.1, -0.05) is 30.3 Å². The first-order valence-electron chi connectivity index (χ1n) is 33.8. The van der Waals surface area contributed by atoms with Gasteiger partial charge in [0.1, 0.15) is 0 Å². The third-order valence-corrected chi connectivity index (χ3v) is 29.6. The predicted octanol–water partition coefficient (Wildman–Crippen LogP) is 19.6. The van der Waals surface area contributed by atoms with Crippen molar-refractivity contribution in [2.75, 3.05) is 0 Å². The van der Waals surface area contributed by atoms with Gasteiger partial charge in [0.25, 0.3) is 0 Å². The standard InChI is InChI=1S/C75H90/c1-41-2-43-3-42(1)22-71(21-41,23-43)36-56-16-62-58(38-73-27-47-7-48(28-73)9-49(8-47)29-73)18-64-60(40-75-33-53-13-54(34-75)15-55(14-53)35-75)20-65-59(39-74-30-50-10-51(31-74)12-52(11-50)32-74)19-63-57(17-61(56)66-67(62)69(64)70(65)68(63)66)37-72-24-44-4-45(25-72)6-46(5-44)26-72/h16-20,41-55H,1-15,21-40H2. The lowest BCUT2D eigenvalue weighted by molar-refractivity contribution is -0.0524. The van der Waals surface area contributed by atoms with Gasteiger partial charge in [-0.3, -0.25) is 0 Å². The highest BCUT2D eigenvalue weighted by Gasteiger charge is 2.56. The SMILES string of the molecule is c1c(CC23CC4CC(CC(C4)C2)C3)c2cc(CC34CC5CC(CC(C5)C3)C4)c3cc(CC45CC6CC(CC(C6)C4)C5)c4cc(CC56CC7CC(CC(C7)C5)C6)c5cc(CC67CC8CC(CC(C8)C6)C7)c1c1c5c4c3c21. The van der Waals surface area contributed by atoms with Crippen molar-refractivity contribution in [3.8, 4) is 0 Å². The molecule has 20 aliphatic carbocycles. The van der Waals surface area contributed by atoms with E-state index in [-0.39, 0.29) is 0 Å². The zero-order chi connectivity index (χ0) is 48.1. The molecule has 75 heavy (non-hydrogen) atoms. The molecule has 0 amide bonds. The molecule has 0 radical (unpaired) electrons. The van der Waals surface area contributed by atoms with Crippen LogP contribution in [0, 0.1) is 116 Å². The maximum absolute atomic E-state index is 3.05. The van der Waals surface area contributed by atoms with Crippen LogP contribution >= 0.6 is 0 Å². The van der Waals surface area contributed by atoms with E-state index in [0.29, 0.717) is 27.1 Å². The Morgan fingerprint density at radius 3 is 0.440 bits per heavy atom. The van der Waals surface area contributed by atoms with Crippen molar-refractivity contribution in [2.24, 2.45) is 116 Å². The lowest BCUT2D eigenvalue weighted by atomic mass is 9.48. The number of benzene rings is 5. The van der Waals surface area contributed by atoms with Gasteiger partial charge in [0.2, 0.25) is 0 Å². The highest BCUT2D eigenvalue weighted by Crippen LogP contribution is 2.68. The van der Waals surface area contributed by atoms with Gasteiger partial charge in [-0.15, -0.1) is 0 Å². The second kappa shape index (κ2) is 14.3. The molecule has 20 saturated carbocycles. The minimum atomic E-state index is 0.539. The van der Waals surface area contributed by atoms with Crippen molar-refractivity contribution in [2.45, 2.75) is 225 Å². The van der Waals surface area contributed by atoms with Crippen LogP contribution in [0.2, 0.25) is 0 Å². The number of hydrogen-bond acceptors (Lipinski definition) is 0. The van der Waals surface area contributed by atoms with E-state index in [2.05, 4.69) is 30.3 Å². The molecule has 0 nitrogen and oxygen atoms in total. The van der Waals surface area contributed by atoms with Gasteiger partial charge in [0.15, 0.2) is 0 Å². The van der Waals surface area contributed by atoms with Gasteiger partial charge >= 0.3 is 0 Å². The summed E-state index contributed by atoms with van der Waals surface area (Å²) >= 11 is 0. The van der Waals surface area contributed by atoms with E-state index in [1.807, 2.05) is 54.7 Å². The molecule has 0 aromatic heterocycles. The molecule has 0 saturated heterocycles. The Morgan fingerprint density at radius 1 is 0.200 bits per heavy atom. The topological polar surface area (TPSA) is 0 Å². The number of rotatable bonds is 10. The van der Waals surface area contributed by atoms with Gasteiger partial charge in [-0.05, 0) is 422 Å². The van der Waals surface area contributed by atoms with Crippen LogP contribution in [0.25, 0.3) is 53.9 Å². The minimum absolute atomic E-state index is 0.539. The Bertz CT molecular complexity index is 2660. The van der Waals surface area contributed by atoms with E-state index in [1.165, 1.54) is 128 Å². The summed E-state index contributed by atoms with van der Waals surface area (Å²) < 4.78 is 0. The summed E-state index contributed by atoms with van der Waals surface area (Å²) in [5.74, 6) is 15.2. The minimum Gasteiger partial charge on any atom is -0.0502 e. The largest absolute Gasteiger partial charge is 0.0502 e. The summed E-state index contributed by atoms with van der Waals surface area (Å²) in [6.45, 7) is 0. The molecule has 0 N–H and O–H groups in total.